The number of halogens is 2. The zero-order chi connectivity index (χ0) is 17.7. The number of nitrogens with one attached hydrogen (secondary N) is 1. The smallest absolute Gasteiger partial charge is 0.193 e. The highest BCUT2D eigenvalue weighted by Crippen LogP contribution is 2.48. The zero-order valence-electron chi connectivity index (χ0n) is 15.8. The van der Waals surface area contributed by atoms with Gasteiger partial charge in [0.2, 0.25) is 0 Å². The molecule has 1 aliphatic carbocycles. The van der Waals surface area contributed by atoms with Crippen LogP contribution in [-0.4, -0.2) is 51.3 Å². The van der Waals surface area contributed by atoms with Crippen LogP contribution in [0.3, 0.4) is 0 Å². The lowest BCUT2D eigenvalue weighted by Gasteiger charge is -2.28. The lowest BCUT2D eigenvalue weighted by Crippen LogP contribution is -2.43. The van der Waals surface area contributed by atoms with E-state index >= 15 is 0 Å². The minimum atomic E-state index is 0. The third-order valence-corrected chi connectivity index (χ3v) is 6.16. The summed E-state index contributed by atoms with van der Waals surface area (Å²) in [4.78, 5) is 6.76. The Hall–Kier alpha value is -0.340. The second kappa shape index (κ2) is 10.3. The molecular formula is C20H31BrIN3O. The van der Waals surface area contributed by atoms with Crippen LogP contribution in [0.2, 0.25) is 0 Å². The molecule has 4 nitrogen and oxygen atoms in total. The molecule has 1 aromatic carbocycles. The molecule has 6 heteroatoms. The van der Waals surface area contributed by atoms with Crippen molar-refractivity contribution < 1.29 is 4.74 Å². The monoisotopic (exact) mass is 535 g/mol. The van der Waals surface area contributed by atoms with E-state index in [9.17, 15) is 0 Å². The van der Waals surface area contributed by atoms with Crippen molar-refractivity contribution in [2.45, 2.75) is 37.5 Å². The summed E-state index contributed by atoms with van der Waals surface area (Å²) < 4.78 is 6.62. The number of ether oxygens (including phenoxy) is 1. The topological polar surface area (TPSA) is 36.9 Å². The summed E-state index contributed by atoms with van der Waals surface area (Å²) in [6.45, 7) is 3.86. The van der Waals surface area contributed by atoms with Crippen molar-refractivity contribution in [2.24, 2.45) is 10.9 Å². The van der Waals surface area contributed by atoms with E-state index in [0.717, 1.165) is 42.7 Å². The Morgan fingerprint density at radius 3 is 2.69 bits per heavy atom. The fourth-order valence-corrected chi connectivity index (χ4v) is 4.09. The van der Waals surface area contributed by atoms with Crippen molar-refractivity contribution in [3.63, 3.8) is 0 Å². The molecule has 26 heavy (non-hydrogen) atoms. The van der Waals surface area contributed by atoms with Crippen molar-refractivity contribution in [1.82, 2.24) is 10.2 Å². The molecule has 1 heterocycles. The van der Waals surface area contributed by atoms with E-state index in [1.807, 2.05) is 7.05 Å². The number of hydrogen-bond donors (Lipinski definition) is 1. The van der Waals surface area contributed by atoms with Gasteiger partial charge in [-0.1, -0.05) is 28.1 Å². The first-order chi connectivity index (χ1) is 12.1. The Labute approximate surface area is 183 Å². The van der Waals surface area contributed by atoms with Crippen LogP contribution in [0.1, 0.15) is 37.7 Å². The molecule has 146 valence electrons. The highest BCUT2D eigenvalue weighted by molar-refractivity contribution is 14.0. The molecule has 1 aliphatic heterocycles. The molecule has 1 N–H and O–H groups in total. The third-order valence-electron chi connectivity index (χ3n) is 5.66. The normalized spacial score (nSPS) is 19.6. The van der Waals surface area contributed by atoms with E-state index < -0.39 is 0 Å². The van der Waals surface area contributed by atoms with Gasteiger partial charge < -0.3 is 15.0 Å². The zero-order valence-corrected chi connectivity index (χ0v) is 19.8. The van der Waals surface area contributed by atoms with E-state index in [1.165, 1.54) is 37.7 Å². The minimum Gasteiger partial charge on any atom is -0.381 e. The fraction of sp³-hybridized carbons (Fsp3) is 0.650. The van der Waals surface area contributed by atoms with Crippen LogP contribution in [0.5, 0.6) is 0 Å². The van der Waals surface area contributed by atoms with Crippen LogP contribution in [0.25, 0.3) is 0 Å². The van der Waals surface area contributed by atoms with Gasteiger partial charge in [-0.25, -0.2) is 0 Å². The first-order valence-electron chi connectivity index (χ1n) is 9.38. The Morgan fingerprint density at radius 2 is 2.08 bits per heavy atom. The standard InChI is InChI=1S/C20H30BrN3O.HI/c1-22-19(24(2)11-6-16-7-12-25-13-8-16)23-15-20(9-10-20)17-4-3-5-18(21)14-17;/h3-5,14,16H,6-13,15H2,1-2H3,(H,22,23);1H. The van der Waals surface area contributed by atoms with E-state index in [4.69, 9.17) is 4.74 Å². The van der Waals surface area contributed by atoms with Gasteiger partial charge in [0.15, 0.2) is 5.96 Å². The van der Waals surface area contributed by atoms with Crippen molar-refractivity contribution >= 4 is 45.9 Å². The molecule has 0 unspecified atom stereocenters. The van der Waals surface area contributed by atoms with Crippen LogP contribution in [0, 0.1) is 5.92 Å². The number of guanidine groups is 1. The van der Waals surface area contributed by atoms with Crippen LogP contribution in [0.4, 0.5) is 0 Å². The highest BCUT2D eigenvalue weighted by atomic mass is 127. The maximum atomic E-state index is 5.46. The summed E-state index contributed by atoms with van der Waals surface area (Å²) >= 11 is 3.60. The lowest BCUT2D eigenvalue weighted by atomic mass is 9.96. The molecule has 2 aliphatic rings. The predicted molar refractivity (Wildman–Crippen MR) is 123 cm³/mol. The largest absolute Gasteiger partial charge is 0.381 e. The number of aliphatic imine (C=N–C) groups is 1. The van der Waals surface area contributed by atoms with Gasteiger partial charge >= 0.3 is 0 Å². The molecule has 1 saturated carbocycles. The molecule has 0 radical (unpaired) electrons. The van der Waals surface area contributed by atoms with Crippen LogP contribution < -0.4 is 5.32 Å². The van der Waals surface area contributed by atoms with Crippen molar-refractivity contribution in [1.29, 1.82) is 0 Å². The molecule has 1 saturated heterocycles. The first-order valence-corrected chi connectivity index (χ1v) is 10.2. The van der Waals surface area contributed by atoms with Gasteiger partial charge in [0.25, 0.3) is 0 Å². The average Bonchev–Trinajstić information content (AvgIpc) is 3.42. The van der Waals surface area contributed by atoms with Crippen molar-refractivity contribution in [3.8, 4) is 0 Å². The molecule has 0 atom stereocenters. The second-order valence-corrected chi connectivity index (χ2v) is 8.37. The van der Waals surface area contributed by atoms with Crippen LogP contribution >= 0.6 is 39.9 Å². The maximum absolute atomic E-state index is 5.46. The molecule has 0 spiro atoms. The number of benzene rings is 1. The molecule has 1 aromatic rings. The molecule has 0 bridgehead atoms. The molecule has 3 rings (SSSR count). The second-order valence-electron chi connectivity index (χ2n) is 7.46. The number of nitrogens with zero attached hydrogens (tertiary/aromatic N) is 2. The van der Waals surface area contributed by atoms with E-state index in [-0.39, 0.29) is 29.4 Å². The average molecular weight is 536 g/mol. The predicted octanol–water partition coefficient (Wildman–Crippen LogP) is 4.42. The Balaban J connectivity index is 0.00000243. The van der Waals surface area contributed by atoms with Crippen LogP contribution in [0.15, 0.2) is 33.7 Å². The van der Waals surface area contributed by atoms with Gasteiger partial charge in [0.1, 0.15) is 0 Å². The molecular weight excluding hydrogens is 505 g/mol. The quantitative estimate of drug-likeness (QED) is 0.333. The van der Waals surface area contributed by atoms with Gasteiger partial charge in [-0.05, 0) is 55.7 Å². The van der Waals surface area contributed by atoms with E-state index in [0.29, 0.717) is 0 Å². The highest BCUT2D eigenvalue weighted by Gasteiger charge is 2.44. The summed E-state index contributed by atoms with van der Waals surface area (Å²) in [6.07, 6.45) is 6.12. The van der Waals surface area contributed by atoms with Gasteiger partial charge in [-0.3, -0.25) is 4.99 Å². The molecule has 2 fully saturated rings. The Bertz CT molecular complexity index is 600. The molecule has 0 amide bonds. The SMILES string of the molecule is CN=C(NCC1(c2cccc(Br)c2)CC1)N(C)CCC1CCOCC1.I. The summed E-state index contributed by atoms with van der Waals surface area (Å²) in [5, 5.41) is 3.61. The van der Waals surface area contributed by atoms with Crippen molar-refractivity contribution in [3.05, 3.63) is 34.3 Å². The van der Waals surface area contributed by atoms with Crippen molar-refractivity contribution in [2.75, 3.05) is 40.4 Å². The fourth-order valence-electron chi connectivity index (χ4n) is 3.69. The Kier molecular flexibility index (Phi) is 8.67. The van der Waals surface area contributed by atoms with E-state index in [2.05, 4.69) is 62.5 Å². The number of rotatable bonds is 6. The Morgan fingerprint density at radius 1 is 1.35 bits per heavy atom. The summed E-state index contributed by atoms with van der Waals surface area (Å²) in [5.74, 6) is 1.80. The number of hydrogen-bond acceptors (Lipinski definition) is 2. The summed E-state index contributed by atoms with van der Waals surface area (Å²) in [5.41, 5.74) is 1.70. The maximum Gasteiger partial charge on any atom is 0.193 e. The third kappa shape index (κ3) is 5.83. The van der Waals surface area contributed by atoms with Gasteiger partial charge in [-0.15, -0.1) is 24.0 Å². The van der Waals surface area contributed by atoms with E-state index in [1.54, 1.807) is 0 Å². The molecule has 0 aromatic heterocycles. The van der Waals surface area contributed by atoms with Crippen LogP contribution in [-0.2, 0) is 10.2 Å². The lowest BCUT2D eigenvalue weighted by molar-refractivity contribution is 0.0625. The van der Waals surface area contributed by atoms with Gasteiger partial charge in [0.05, 0.1) is 0 Å². The summed E-state index contributed by atoms with van der Waals surface area (Å²) in [7, 11) is 4.03. The minimum absolute atomic E-state index is 0. The van der Waals surface area contributed by atoms with Gasteiger partial charge in [0, 0.05) is 50.3 Å². The first kappa shape index (κ1) is 22.0. The van der Waals surface area contributed by atoms with Gasteiger partial charge in [-0.2, -0.15) is 0 Å². The summed E-state index contributed by atoms with van der Waals surface area (Å²) in [6, 6.07) is 8.73.